The Labute approximate surface area is 111 Å². The van der Waals surface area contributed by atoms with Gasteiger partial charge in [0.25, 0.3) is 0 Å². The fourth-order valence-electron chi connectivity index (χ4n) is 3.15. The zero-order chi connectivity index (χ0) is 13.0. The highest BCUT2D eigenvalue weighted by Gasteiger charge is 2.27. The molecule has 2 N–H and O–H groups in total. The summed E-state index contributed by atoms with van der Waals surface area (Å²) in [5, 5.41) is 3.25. The molecule has 0 aromatic carbocycles. The smallest absolute Gasteiger partial charge is 0.213 e. The Hall–Kier alpha value is -0.130. The van der Waals surface area contributed by atoms with Crippen molar-refractivity contribution < 1.29 is 8.42 Å². The molecule has 0 spiro atoms. The molecule has 1 aliphatic carbocycles. The Bertz CT molecular complexity index is 342. The van der Waals surface area contributed by atoms with Crippen LogP contribution in [-0.4, -0.2) is 32.8 Å². The van der Waals surface area contributed by atoms with Gasteiger partial charge in [0.05, 0.1) is 5.75 Å². The van der Waals surface area contributed by atoms with Gasteiger partial charge in [-0.3, -0.25) is 0 Å². The first-order chi connectivity index (χ1) is 8.59. The highest BCUT2D eigenvalue weighted by molar-refractivity contribution is 7.89. The standard InChI is InChI=1S/C13H26N2O2S/c1-2-11-5-7-12(8-6-11)15-18(16,17)10-13-4-3-9-14-13/h11-15H,2-10H2,1H3. The highest BCUT2D eigenvalue weighted by atomic mass is 32.2. The Morgan fingerprint density at radius 3 is 2.44 bits per heavy atom. The molecule has 1 aliphatic heterocycles. The molecular weight excluding hydrogens is 248 g/mol. The lowest BCUT2D eigenvalue weighted by Gasteiger charge is -2.28. The molecule has 1 saturated carbocycles. The van der Waals surface area contributed by atoms with Gasteiger partial charge in [-0.05, 0) is 51.0 Å². The third kappa shape index (κ3) is 4.21. The third-order valence-corrected chi connectivity index (χ3v) is 5.89. The first-order valence-electron chi connectivity index (χ1n) is 7.32. The molecule has 0 aromatic rings. The van der Waals surface area contributed by atoms with E-state index in [1.807, 2.05) is 0 Å². The van der Waals surface area contributed by atoms with Gasteiger partial charge >= 0.3 is 0 Å². The van der Waals surface area contributed by atoms with Crippen LogP contribution in [0.2, 0.25) is 0 Å². The Morgan fingerprint density at radius 2 is 1.89 bits per heavy atom. The van der Waals surface area contributed by atoms with Gasteiger partial charge < -0.3 is 5.32 Å². The summed E-state index contributed by atoms with van der Waals surface area (Å²) >= 11 is 0. The van der Waals surface area contributed by atoms with Gasteiger partial charge in [0.15, 0.2) is 0 Å². The second-order valence-electron chi connectivity index (χ2n) is 5.82. The van der Waals surface area contributed by atoms with Crippen LogP contribution in [0.25, 0.3) is 0 Å². The lowest BCUT2D eigenvalue weighted by molar-refractivity contribution is 0.306. The third-order valence-electron chi connectivity index (χ3n) is 4.35. The van der Waals surface area contributed by atoms with Crippen LogP contribution in [0.1, 0.15) is 51.9 Å². The fourth-order valence-corrected chi connectivity index (χ4v) is 4.81. The van der Waals surface area contributed by atoms with Crippen LogP contribution in [0, 0.1) is 5.92 Å². The first kappa shape index (κ1) is 14.3. The lowest BCUT2D eigenvalue weighted by Crippen LogP contribution is -2.42. The molecule has 1 saturated heterocycles. The van der Waals surface area contributed by atoms with Crippen LogP contribution in [-0.2, 0) is 10.0 Å². The van der Waals surface area contributed by atoms with E-state index in [0.29, 0.717) is 0 Å². The molecule has 5 heteroatoms. The first-order valence-corrected chi connectivity index (χ1v) is 8.97. The van der Waals surface area contributed by atoms with E-state index in [2.05, 4.69) is 17.0 Å². The summed E-state index contributed by atoms with van der Waals surface area (Å²) in [5.74, 6) is 1.06. The molecule has 2 aliphatic rings. The maximum atomic E-state index is 12.1. The maximum Gasteiger partial charge on any atom is 0.213 e. The van der Waals surface area contributed by atoms with E-state index in [1.54, 1.807) is 0 Å². The quantitative estimate of drug-likeness (QED) is 0.801. The average molecular weight is 274 g/mol. The molecule has 0 radical (unpaired) electrons. The largest absolute Gasteiger partial charge is 0.313 e. The van der Waals surface area contributed by atoms with Gasteiger partial charge in [-0.25, -0.2) is 13.1 Å². The highest BCUT2D eigenvalue weighted by Crippen LogP contribution is 2.26. The predicted molar refractivity (Wildman–Crippen MR) is 74.0 cm³/mol. The molecule has 0 bridgehead atoms. The number of nitrogens with one attached hydrogen (secondary N) is 2. The number of hydrogen-bond acceptors (Lipinski definition) is 3. The Balaban J connectivity index is 1.77. The van der Waals surface area contributed by atoms with Crippen molar-refractivity contribution in [3.8, 4) is 0 Å². The average Bonchev–Trinajstić information content (AvgIpc) is 2.81. The number of sulfonamides is 1. The second-order valence-corrected chi connectivity index (χ2v) is 7.62. The van der Waals surface area contributed by atoms with Crippen molar-refractivity contribution in [1.29, 1.82) is 0 Å². The van der Waals surface area contributed by atoms with E-state index in [1.165, 1.54) is 19.3 Å². The molecule has 1 heterocycles. The molecule has 1 unspecified atom stereocenters. The monoisotopic (exact) mass is 274 g/mol. The van der Waals surface area contributed by atoms with E-state index in [-0.39, 0.29) is 17.8 Å². The van der Waals surface area contributed by atoms with E-state index in [0.717, 1.165) is 38.1 Å². The van der Waals surface area contributed by atoms with Crippen LogP contribution in [0.15, 0.2) is 0 Å². The van der Waals surface area contributed by atoms with E-state index >= 15 is 0 Å². The summed E-state index contributed by atoms with van der Waals surface area (Å²) in [6.45, 7) is 3.18. The van der Waals surface area contributed by atoms with Gasteiger partial charge in [0.1, 0.15) is 0 Å². The van der Waals surface area contributed by atoms with Crippen molar-refractivity contribution in [3.63, 3.8) is 0 Å². The minimum absolute atomic E-state index is 0.162. The summed E-state index contributed by atoms with van der Waals surface area (Å²) in [6, 6.07) is 0.341. The van der Waals surface area contributed by atoms with Crippen LogP contribution < -0.4 is 10.0 Å². The Morgan fingerprint density at radius 1 is 1.17 bits per heavy atom. The van der Waals surface area contributed by atoms with E-state index in [9.17, 15) is 8.42 Å². The molecule has 0 aromatic heterocycles. The number of hydrogen-bond donors (Lipinski definition) is 2. The summed E-state index contributed by atoms with van der Waals surface area (Å²) in [6.07, 6.45) is 7.68. The molecule has 1 atom stereocenters. The molecule has 2 fully saturated rings. The zero-order valence-electron chi connectivity index (χ0n) is 11.3. The lowest BCUT2D eigenvalue weighted by atomic mass is 9.85. The SMILES string of the molecule is CCC1CCC(NS(=O)(=O)CC2CCCN2)CC1. The summed E-state index contributed by atoms with van der Waals surface area (Å²) in [5.41, 5.74) is 0. The van der Waals surface area contributed by atoms with Gasteiger partial charge in [0.2, 0.25) is 10.0 Å². The number of rotatable bonds is 5. The van der Waals surface area contributed by atoms with Crippen molar-refractivity contribution in [3.05, 3.63) is 0 Å². The van der Waals surface area contributed by atoms with E-state index < -0.39 is 10.0 Å². The maximum absolute atomic E-state index is 12.1. The molecular formula is C13H26N2O2S. The minimum Gasteiger partial charge on any atom is -0.313 e. The summed E-state index contributed by atoms with van der Waals surface area (Å²) < 4.78 is 27.0. The Kier molecular flexibility index (Phi) is 5.04. The van der Waals surface area contributed by atoms with Crippen LogP contribution in [0.4, 0.5) is 0 Å². The van der Waals surface area contributed by atoms with Crippen molar-refractivity contribution in [2.75, 3.05) is 12.3 Å². The topological polar surface area (TPSA) is 58.2 Å². The van der Waals surface area contributed by atoms with Gasteiger partial charge in [0, 0.05) is 12.1 Å². The van der Waals surface area contributed by atoms with Crippen molar-refractivity contribution in [1.82, 2.24) is 10.0 Å². The fraction of sp³-hybridized carbons (Fsp3) is 1.00. The second kappa shape index (κ2) is 6.35. The van der Waals surface area contributed by atoms with Crippen molar-refractivity contribution in [2.45, 2.75) is 64.0 Å². The van der Waals surface area contributed by atoms with Crippen LogP contribution in [0.3, 0.4) is 0 Å². The van der Waals surface area contributed by atoms with Crippen molar-refractivity contribution in [2.24, 2.45) is 5.92 Å². The van der Waals surface area contributed by atoms with E-state index in [4.69, 9.17) is 0 Å². The zero-order valence-corrected chi connectivity index (χ0v) is 12.1. The normalized spacial score (nSPS) is 33.7. The molecule has 4 nitrogen and oxygen atoms in total. The van der Waals surface area contributed by atoms with Gasteiger partial charge in [-0.15, -0.1) is 0 Å². The molecule has 18 heavy (non-hydrogen) atoms. The van der Waals surface area contributed by atoms with Crippen LogP contribution >= 0.6 is 0 Å². The minimum atomic E-state index is -3.10. The summed E-state index contributed by atoms with van der Waals surface area (Å²) in [4.78, 5) is 0. The molecule has 106 valence electrons. The van der Waals surface area contributed by atoms with Crippen molar-refractivity contribution >= 4 is 10.0 Å². The van der Waals surface area contributed by atoms with Crippen LogP contribution in [0.5, 0.6) is 0 Å². The van der Waals surface area contributed by atoms with Gasteiger partial charge in [-0.2, -0.15) is 0 Å². The van der Waals surface area contributed by atoms with Gasteiger partial charge in [-0.1, -0.05) is 13.3 Å². The molecule has 2 rings (SSSR count). The summed E-state index contributed by atoms with van der Waals surface area (Å²) in [7, 11) is -3.10. The molecule has 0 amide bonds. The predicted octanol–water partition coefficient (Wildman–Crippen LogP) is 1.63.